The topological polar surface area (TPSA) is 92.6 Å². The van der Waals surface area contributed by atoms with Crippen molar-refractivity contribution in [2.75, 3.05) is 37.4 Å². The molecule has 0 saturated heterocycles. The summed E-state index contributed by atoms with van der Waals surface area (Å²) < 4.78 is 9.93. The van der Waals surface area contributed by atoms with Crippen LogP contribution >= 0.6 is 24.0 Å². The van der Waals surface area contributed by atoms with Crippen LogP contribution < -0.4 is 16.0 Å². The zero-order valence-electron chi connectivity index (χ0n) is 13.5. The number of rotatable bonds is 8. The van der Waals surface area contributed by atoms with Gasteiger partial charge in [-0.05, 0) is 30.3 Å². The van der Waals surface area contributed by atoms with Gasteiger partial charge in [-0.1, -0.05) is 11.6 Å². The van der Waals surface area contributed by atoms with Crippen molar-refractivity contribution in [2.45, 2.75) is 0 Å². The number of hydrogen-bond acceptors (Lipinski definition) is 5. The Bertz CT molecular complexity index is 693. The van der Waals surface area contributed by atoms with E-state index in [1.807, 2.05) is 0 Å². The van der Waals surface area contributed by atoms with E-state index in [1.54, 1.807) is 31.4 Å². The summed E-state index contributed by atoms with van der Waals surface area (Å²) in [4.78, 5) is 24.0. The van der Waals surface area contributed by atoms with Crippen LogP contribution in [-0.4, -0.2) is 38.6 Å². The van der Waals surface area contributed by atoms with E-state index in [0.29, 0.717) is 29.5 Å². The molecule has 2 rings (SSSR count). The minimum atomic E-state index is -0.434. The number of amides is 2. The van der Waals surface area contributed by atoms with Gasteiger partial charge in [0.15, 0.2) is 5.76 Å². The maximum atomic E-state index is 12.1. The van der Waals surface area contributed by atoms with Crippen molar-refractivity contribution in [1.29, 1.82) is 0 Å². The highest BCUT2D eigenvalue weighted by Crippen LogP contribution is 2.26. The lowest BCUT2D eigenvalue weighted by Gasteiger charge is -2.12. The second kappa shape index (κ2) is 10.7. The fourth-order valence-electron chi connectivity index (χ4n) is 1.89. The molecular formula is C16H19Cl2N3O4. The molecule has 136 valence electrons. The number of nitrogens with one attached hydrogen (secondary N) is 3. The Kier molecular flexibility index (Phi) is 9.01. The van der Waals surface area contributed by atoms with Crippen molar-refractivity contribution in [2.24, 2.45) is 0 Å². The fourth-order valence-corrected chi connectivity index (χ4v) is 2.06. The van der Waals surface area contributed by atoms with Gasteiger partial charge >= 0.3 is 0 Å². The molecule has 0 atom stereocenters. The molecule has 0 bridgehead atoms. The summed E-state index contributed by atoms with van der Waals surface area (Å²) in [6.07, 6.45) is 1.40. The van der Waals surface area contributed by atoms with E-state index in [0.717, 1.165) is 0 Å². The third-order valence-corrected chi connectivity index (χ3v) is 3.25. The molecule has 0 aliphatic rings. The van der Waals surface area contributed by atoms with Gasteiger partial charge in [-0.2, -0.15) is 0 Å². The molecule has 0 spiro atoms. The van der Waals surface area contributed by atoms with Crippen molar-refractivity contribution in [3.63, 3.8) is 0 Å². The van der Waals surface area contributed by atoms with Crippen molar-refractivity contribution in [3.05, 3.63) is 47.4 Å². The van der Waals surface area contributed by atoms with E-state index in [4.69, 9.17) is 20.8 Å². The molecule has 0 saturated carbocycles. The van der Waals surface area contributed by atoms with Gasteiger partial charge in [0.2, 0.25) is 5.91 Å². The first kappa shape index (κ1) is 21.0. The second-order valence-corrected chi connectivity index (χ2v) is 5.28. The first-order valence-corrected chi connectivity index (χ1v) is 7.62. The van der Waals surface area contributed by atoms with Crippen molar-refractivity contribution in [1.82, 2.24) is 5.32 Å². The van der Waals surface area contributed by atoms with Crippen LogP contribution in [0, 0.1) is 0 Å². The van der Waals surface area contributed by atoms with Gasteiger partial charge < -0.3 is 25.1 Å². The van der Waals surface area contributed by atoms with Crippen LogP contribution in [0.15, 0.2) is 41.0 Å². The van der Waals surface area contributed by atoms with E-state index in [-0.39, 0.29) is 30.6 Å². The number of hydrogen-bond donors (Lipinski definition) is 3. The SMILES string of the molecule is COCCNCC(=O)Nc1ccc(Cl)cc1NC(=O)c1ccco1.Cl. The van der Waals surface area contributed by atoms with Crippen molar-refractivity contribution < 1.29 is 18.7 Å². The molecule has 3 N–H and O–H groups in total. The number of carbonyl (C=O) groups is 2. The fraction of sp³-hybridized carbons (Fsp3) is 0.250. The number of halogens is 2. The van der Waals surface area contributed by atoms with Crippen LogP contribution in [0.5, 0.6) is 0 Å². The van der Waals surface area contributed by atoms with E-state index in [1.165, 1.54) is 12.3 Å². The summed E-state index contributed by atoms with van der Waals surface area (Å²) >= 11 is 5.97. The number of ether oxygens (including phenoxy) is 1. The Balaban J connectivity index is 0.00000312. The van der Waals surface area contributed by atoms with Crippen LogP contribution in [0.4, 0.5) is 11.4 Å². The van der Waals surface area contributed by atoms with Gasteiger partial charge in [-0.3, -0.25) is 9.59 Å². The second-order valence-electron chi connectivity index (χ2n) is 4.84. The summed E-state index contributed by atoms with van der Waals surface area (Å²) in [6.45, 7) is 1.20. The van der Waals surface area contributed by atoms with E-state index < -0.39 is 5.91 Å². The van der Waals surface area contributed by atoms with E-state index in [9.17, 15) is 9.59 Å². The molecule has 9 heteroatoms. The highest BCUT2D eigenvalue weighted by Gasteiger charge is 2.13. The zero-order chi connectivity index (χ0) is 17.4. The molecule has 25 heavy (non-hydrogen) atoms. The Morgan fingerprint density at radius 3 is 2.68 bits per heavy atom. The monoisotopic (exact) mass is 387 g/mol. The Morgan fingerprint density at radius 1 is 1.20 bits per heavy atom. The zero-order valence-corrected chi connectivity index (χ0v) is 15.1. The third kappa shape index (κ3) is 6.75. The van der Waals surface area contributed by atoms with Crippen LogP contribution in [0.1, 0.15) is 10.6 Å². The molecule has 1 aromatic carbocycles. The Hall–Kier alpha value is -2.06. The lowest BCUT2D eigenvalue weighted by Crippen LogP contribution is -2.30. The molecule has 0 aliphatic carbocycles. The summed E-state index contributed by atoms with van der Waals surface area (Å²) in [6, 6.07) is 7.95. The molecule has 7 nitrogen and oxygen atoms in total. The standard InChI is InChI=1S/C16H18ClN3O4.ClH/c1-23-8-6-18-10-15(21)19-12-5-4-11(17)9-13(12)20-16(22)14-3-2-7-24-14;/h2-5,7,9,18H,6,8,10H2,1H3,(H,19,21)(H,20,22);1H. The van der Waals surface area contributed by atoms with Gasteiger partial charge in [0.25, 0.3) is 5.91 Å². The Morgan fingerprint density at radius 2 is 2.00 bits per heavy atom. The van der Waals surface area contributed by atoms with Gasteiger partial charge in [0, 0.05) is 18.7 Å². The van der Waals surface area contributed by atoms with Crippen LogP contribution in [0.3, 0.4) is 0 Å². The largest absolute Gasteiger partial charge is 0.459 e. The molecule has 2 amide bonds. The average molecular weight is 388 g/mol. The molecule has 1 heterocycles. The molecule has 0 radical (unpaired) electrons. The number of methoxy groups -OCH3 is 1. The molecular weight excluding hydrogens is 369 g/mol. The summed E-state index contributed by atoms with van der Waals surface area (Å²) in [7, 11) is 1.59. The van der Waals surface area contributed by atoms with E-state index in [2.05, 4.69) is 16.0 Å². The van der Waals surface area contributed by atoms with Crippen molar-refractivity contribution >= 4 is 47.2 Å². The van der Waals surface area contributed by atoms with Crippen molar-refractivity contribution in [3.8, 4) is 0 Å². The predicted octanol–water partition coefficient (Wildman–Crippen LogP) is 2.78. The molecule has 1 aromatic heterocycles. The first-order chi connectivity index (χ1) is 11.6. The van der Waals surface area contributed by atoms with Gasteiger partial charge in [0.1, 0.15) is 0 Å². The quantitative estimate of drug-likeness (QED) is 0.605. The van der Waals surface area contributed by atoms with Gasteiger partial charge in [-0.15, -0.1) is 12.4 Å². The van der Waals surface area contributed by atoms with Gasteiger partial charge in [0.05, 0.1) is 30.8 Å². The van der Waals surface area contributed by atoms with Crippen LogP contribution in [0.2, 0.25) is 5.02 Å². The number of benzene rings is 1. The highest BCUT2D eigenvalue weighted by molar-refractivity contribution is 6.31. The first-order valence-electron chi connectivity index (χ1n) is 7.24. The Labute approximate surface area is 156 Å². The normalized spacial score (nSPS) is 10.0. The lowest BCUT2D eigenvalue weighted by atomic mass is 10.2. The number of furan rings is 1. The van der Waals surface area contributed by atoms with Crippen LogP contribution in [-0.2, 0) is 9.53 Å². The maximum absolute atomic E-state index is 12.1. The predicted molar refractivity (Wildman–Crippen MR) is 98.7 cm³/mol. The molecule has 2 aromatic rings. The molecule has 0 fully saturated rings. The summed E-state index contributed by atoms with van der Waals surface area (Å²) in [5, 5.41) is 8.75. The van der Waals surface area contributed by atoms with Gasteiger partial charge in [-0.25, -0.2) is 0 Å². The minimum absolute atomic E-state index is 0. The summed E-state index contributed by atoms with van der Waals surface area (Å²) in [5.41, 5.74) is 0.826. The highest BCUT2D eigenvalue weighted by atomic mass is 35.5. The lowest BCUT2D eigenvalue weighted by molar-refractivity contribution is -0.115. The average Bonchev–Trinajstić information content (AvgIpc) is 3.09. The smallest absolute Gasteiger partial charge is 0.291 e. The molecule has 0 aliphatic heterocycles. The number of carbonyl (C=O) groups excluding carboxylic acids is 2. The minimum Gasteiger partial charge on any atom is -0.459 e. The third-order valence-electron chi connectivity index (χ3n) is 3.02. The maximum Gasteiger partial charge on any atom is 0.291 e. The molecule has 0 unspecified atom stereocenters. The number of anilines is 2. The van der Waals surface area contributed by atoms with E-state index >= 15 is 0 Å². The summed E-state index contributed by atoms with van der Waals surface area (Å²) in [5.74, 6) is -0.522. The van der Waals surface area contributed by atoms with Crippen LogP contribution in [0.25, 0.3) is 0 Å².